The molecule has 1 saturated heterocycles. The van der Waals surface area contributed by atoms with Crippen molar-refractivity contribution in [2.24, 2.45) is 5.92 Å². The summed E-state index contributed by atoms with van der Waals surface area (Å²) in [6, 6.07) is 1.21. The van der Waals surface area contributed by atoms with E-state index in [1.807, 2.05) is 0 Å². The largest absolute Gasteiger partial charge is 0.360 e. The fourth-order valence-electron chi connectivity index (χ4n) is 3.81. The fourth-order valence-corrected chi connectivity index (χ4v) is 4.27. The lowest BCUT2D eigenvalue weighted by atomic mass is 9.72. The van der Waals surface area contributed by atoms with E-state index in [0.29, 0.717) is 17.9 Å². The number of hydrogen-bond acceptors (Lipinski definition) is 1. The molecule has 3 heteroatoms. The summed E-state index contributed by atoms with van der Waals surface area (Å²) in [5, 5.41) is 0. The molecule has 2 fully saturated rings. The number of likely N-dealkylation sites (tertiary alicyclic amines) is 1. The predicted molar refractivity (Wildman–Crippen MR) is 83.3 cm³/mol. The Hall–Kier alpha value is -0.0451. The number of fused-ring (bicyclic) bond motifs is 1. The van der Waals surface area contributed by atoms with Crippen molar-refractivity contribution in [1.29, 1.82) is 0 Å². The van der Waals surface area contributed by atoms with E-state index in [0.717, 1.165) is 12.3 Å². The molecule has 2 radical (unpaired) electrons. The van der Waals surface area contributed by atoms with Crippen LogP contribution in [0.3, 0.4) is 0 Å². The van der Waals surface area contributed by atoms with Gasteiger partial charge >= 0.3 is 0 Å². The lowest BCUT2D eigenvalue weighted by molar-refractivity contribution is 0.144. The van der Waals surface area contributed by atoms with Crippen molar-refractivity contribution in [3.8, 4) is 0 Å². The van der Waals surface area contributed by atoms with Crippen molar-refractivity contribution >= 4 is 25.1 Å². The van der Waals surface area contributed by atoms with Crippen LogP contribution in [0.2, 0.25) is 5.82 Å². The smallest absolute Gasteiger partial charge is 0.0784 e. The molecule has 1 aliphatic heterocycles. The topological polar surface area (TPSA) is 3.24 Å². The van der Waals surface area contributed by atoms with Crippen LogP contribution in [0, 0.1) is 5.92 Å². The molecule has 0 aromatic heterocycles. The maximum atomic E-state index is 6.29. The Morgan fingerprint density at radius 3 is 2.61 bits per heavy atom. The predicted octanol–water partition coefficient (Wildman–Crippen LogP) is 4.11. The van der Waals surface area contributed by atoms with E-state index >= 15 is 0 Å². The van der Waals surface area contributed by atoms with E-state index < -0.39 is 0 Å². The first kappa shape index (κ1) is 14.4. The molecule has 0 aromatic rings. The standard InChI is InChI=1S/C15H26BNS/c1-11(2)17-14-7-5-3-4-6-13(16)10-12(14)8-9-15(17)18/h11-14H,3-10H2,1-2H3. The summed E-state index contributed by atoms with van der Waals surface area (Å²) in [5.41, 5.74) is 0. The molecular formula is C15H26BNS. The van der Waals surface area contributed by atoms with E-state index in [1.165, 1.54) is 49.9 Å². The first-order valence-corrected chi connectivity index (χ1v) is 8.07. The third kappa shape index (κ3) is 3.29. The van der Waals surface area contributed by atoms with E-state index in [4.69, 9.17) is 20.1 Å². The monoisotopic (exact) mass is 263 g/mol. The van der Waals surface area contributed by atoms with Crippen molar-refractivity contribution in [2.45, 2.75) is 83.1 Å². The molecular weight excluding hydrogens is 237 g/mol. The second-order valence-electron chi connectivity index (χ2n) is 6.39. The van der Waals surface area contributed by atoms with Gasteiger partial charge in [-0.2, -0.15) is 0 Å². The average Bonchev–Trinajstić information content (AvgIpc) is 2.39. The van der Waals surface area contributed by atoms with Gasteiger partial charge in [-0.25, -0.2) is 0 Å². The number of piperidine rings is 1. The Bertz CT molecular complexity index is 292. The first-order chi connectivity index (χ1) is 8.59. The fraction of sp³-hybridized carbons (Fsp3) is 0.933. The summed E-state index contributed by atoms with van der Waals surface area (Å²) in [4.78, 5) is 3.72. The quantitative estimate of drug-likeness (QED) is 0.517. The van der Waals surface area contributed by atoms with Crippen molar-refractivity contribution in [3.05, 3.63) is 0 Å². The van der Waals surface area contributed by atoms with Crippen LogP contribution in [-0.4, -0.2) is 29.8 Å². The summed E-state index contributed by atoms with van der Waals surface area (Å²) in [6.45, 7) is 4.56. The molecule has 0 spiro atoms. The van der Waals surface area contributed by atoms with Crippen LogP contribution in [0.1, 0.15) is 65.2 Å². The third-order valence-corrected chi connectivity index (χ3v) is 5.07. The Morgan fingerprint density at radius 1 is 1.17 bits per heavy atom. The highest BCUT2D eigenvalue weighted by atomic mass is 32.1. The Balaban J connectivity index is 2.14. The van der Waals surface area contributed by atoms with E-state index in [2.05, 4.69) is 18.7 Å². The molecule has 0 bridgehead atoms. The lowest BCUT2D eigenvalue weighted by Crippen LogP contribution is -2.51. The molecule has 1 saturated carbocycles. The van der Waals surface area contributed by atoms with Gasteiger partial charge < -0.3 is 4.90 Å². The van der Waals surface area contributed by atoms with E-state index in [9.17, 15) is 0 Å². The molecule has 18 heavy (non-hydrogen) atoms. The normalized spacial score (nSPS) is 34.7. The van der Waals surface area contributed by atoms with Gasteiger partial charge in [0.05, 0.1) is 12.8 Å². The Labute approximate surface area is 119 Å². The zero-order valence-electron chi connectivity index (χ0n) is 11.9. The molecule has 3 unspecified atom stereocenters. The van der Waals surface area contributed by atoms with Crippen LogP contribution in [-0.2, 0) is 0 Å². The van der Waals surface area contributed by atoms with Crippen LogP contribution in [0.25, 0.3) is 0 Å². The van der Waals surface area contributed by atoms with Crippen LogP contribution >= 0.6 is 12.2 Å². The summed E-state index contributed by atoms with van der Waals surface area (Å²) in [7, 11) is 6.29. The summed E-state index contributed by atoms with van der Waals surface area (Å²) < 4.78 is 0. The molecule has 2 rings (SSSR count). The number of nitrogens with zero attached hydrogens (tertiary/aromatic N) is 1. The van der Waals surface area contributed by atoms with Crippen molar-refractivity contribution in [3.63, 3.8) is 0 Å². The van der Waals surface area contributed by atoms with Crippen LogP contribution in [0.4, 0.5) is 0 Å². The zero-order valence-corrected chi connectivity index (χ0v) is 12.7. The second-order valence-corrected chi connectivity index (χ2v) is 6.87. The number of hydrogen-bond donors (Lipinski definition) is 0. The molecule has 100 valence electrons. The average molecular weight is 263 g/mol. The molecule has 0 amide bonds. The maximum Gasteiger partial charge on any atom is 0.0784 e. The van der Waals surface area contributed by atoms with Gasteiger partial charge in [-0.1, -0.05) is 50.1 Å². The van der Waals surface area contributed by atoms with Gasteiger partial charge in [0.2, 0.25) is 0 Å². The molecule has 3 atom stereocenters. The Kier molecular flexibility index (Phi) is 5.11. The molecule has 1 nitrogen and oxygen atoms in total. The lowest BCUT2D eigenvalue weighted by Gasteiger charge is -2.46. The molecule has 1 heterocycles. The summed E-state index contributed by atoms with van der Waals surface area (Å²) in [6.07, 6.45) is 10.1. The SMILES string of the molecule is [B]C1CCCCCC2C(CCC(=S)N2C(C)C)C1. The summed E-state index contributed by atoms with van der Waals surface area (Å²) in [5.74, 6) is 1.18. The minimum absolute atomic E-state index is 0.413. The van der Waals surface area contributed by atoms with Crippen molar-refractivity contribution in [2.75, 3.05) is 0 Å². The second kappa shape index (κ2) is 6.41. The molecule has 0 N–H and O–H groups in total. The van der Waals surface area contributed by atoms with E-state index in [1.54, 1.807) is 0 Å². The first-order valence-electron chi connectivity index (χ1n) is 7.66. The van der Waals surface area contributed by atoms with Crippen molar-refractivity contribution < 1.29 is 0 Å². The highest BCUT2D eigenvalue weighted by molar-refractivity contribution is 7.80. The van der Waals surface area contributed by atoms with Gasteiger partial charge in [-0.15, -0.1) is 0 Å². The zero-order chi connectivity index (χ0) is 13.1. The summed E-state index contributed by atoms with van der Waals surface area (Å²) >= 11 is 5.61. The maximum absolute atomic E-state index is 6.29. The van der Waals surface area contributed by atoms with Gasteiger partial charge in [-0.3, -0.25) is 0 Å². The van der Waals surface area contributed by atoms with Gasteiger partial charge in [0.15, 0.2) is 0 Å². The molecule has 0 aromatic carbocycles. The van der Waals surface area contributed by atoms with Gasteiger partial charge in [-0.05, 0) is 39.0 Å². The number of thiocarbonyl (C=S) groups is 1. The minimum Gasteiger partial charge on any atom is -0.360 e. The van der Waals surface area contributed by atoms with Gasteiger partial charge in [0.1, 0.15) is 0 Å². The van der Waals surface area contributed by atoms with Gasteiger partial charge in [0, 0.05) is 12.1 Å². The highest BCUT2D eigenvalue weighted by Gasteiger charge is 2.35. The van der Waals surface area contributed by atoms with Crippen LogP contribution in [0.5, 0.6) is 0 Å². The van der Waals surface area contributed by atoms with Crippen molar-refractivity contribution in [1.82, 2.24) is 4.90 Å². The highest BCUT2D eigenvalue weighted by Crippen LogP contribution is 2.37. The minimum atomic E-state index is 0.413. The third-order valence-electron chi connectivity index (χ3n) is 4.66. The van der Waals surface area contributed by atoms with E-state index in [-0.39, 0.29) is 0 Å². The molecule has 1 aliphatic carbocycles. The number of rotatable bonds is 1. The van der Waals surface area contributed by atoms with Gasteiger partial charge in [0.25, 0.3) is 0 Å². The Morgan fingerprint density at radius 2 is 1.89 bits per heavy atom. The van der Waals surface area contributed by atoms with Crippen LogP contribution < -0.4 is 0 Å². The molecule has 2 aliphatic rings. The van der Waals surface area contributed by atoms with Crippen LogP contribution in [0.15, 0.2) is 0 Å².